The standard InChI is InChI=1S/C39H63N5O7S/c1-9-11-18-27(30(45)33(47)40-23-10-2)41-32(46)29-28-26(37(28,6)7)24-44(29)34(48)31(38(8)19-14-12-15-20-38)42-35(49)43-39(21-16-13-17-22-39)25-52(50,51)36(3,4)5/h2,26-29,31H,9,11-25H2,1,3-8H3,(H,40,47)(H,41,46)(H2,42,43,49)/t26-,27?,28-,29-,31+/m0/s1. The molecule has 4 N–H and O–H groups in total. The first-order valence-corrected chi connectivity index (χ1v) is 21.1. The number of nitrogens with one attached hydrogen (secondary N) is 4. The summed E-state index contributed by atoms with van der Waals surface area (Å²) < 4.78 is 25.9. The Balaban J connectivity index is 1.62. The average Bonchev–Trinajstić information content (AvgIpc) is 3.37. The molecule has 0 bridgehead atoms. The Morgan fingerprint density at radius 1 is 0.923 bits per heavy atom. The topological polar surface area (TPSA) is 171 Å². The lowest BCUT2D eigenvalue weighted by atomic mass is 9.70. The van der Waals surface area contributed by atoms with Crippen molar-refractivity contribution in [2.45, 2.75) is 160 Å². The van der Waals surface area contributed by atoms with Crippen LogP contribution < -0.4 is 21.3 Å². The van der Waals surface area contributed by atoms with E-state index in [0.29, 0.717) is 38.6 Å². The van der Waals surface area contributed by atoms with E-state index in [4.69, 9.17) is 6.42 Å². The number of hydrogen-bond donors (Lipinski definition) is 4. The monoisotopic (exact) mass is 745 g/mol. The fraction of sp³-hybridized carbons (Fsp3) is 0.821. The van der Waals surface area contributed by atoms with E-state index in [0.717, 1.165) is 44.9 Å². The molecule has 3 aliphatic carbocycles. The number of fused-ring (bicyclic) bond motifs is 1. The zero-order chi connectivity index (χ0) is 38.7. The Morgan fingerprint density at radius 2 is 1.52 bits per heavy atom. The van der Waals surface area contributed by atoms with Crippen molar-refractivity contribution in [2.75, 3.05) is 18.8 Å². The van der Waals surface area contributed by atoms with E-state index in [-0.39, 0.29) is 41.9 Å². The van der Waals surface area contributed by atoms with Crippen LogP contribution in [0, 0.1) is 35.0 Å². The molecule has 292 valence electrons. The molecule has 4 rings (SSSR count). The highest BCUT2D eigenvalue weighted by molar-refractivity contribution is 7.92. The number of carbonyl (C=O) groups is 5. The summed E-state index contributed by atoms with van der Waals surface area (Å²) in [6.07, 6.45) is 14.7. The van der Waals surface area contributed by atoms with Crippen LogP contribution in [0.1, 0.15) is 132 Å². The maximum absolute atomic E-state index is 14.9. The first-order chi connectivity index (χ1) is 24.2. The number of carbonyl (C=O) groups excluding carboxylic acids is 5. The van der Waals surface area contributed by atoms with Gasteiger partial charge in [0, 0.05) is 6.54 Å². The molecular weight excluding hydrogens is 683 g/mol. The van der Waals surface area contributed by atoms with E-state index in [2.05, 4.69) is 41.0 Å². The summed E-state index contributed by atoms with van der Waals surface area (Å²) >= 11 is 0. The maximum Gasteiger partial charge on any atom is 0.315 e. The molecule has 0 radical (unpaired) electrons. The fourth-order valence-corrected chi connectivity index (χ4v) is 10.5. The maximum atomic E-state index is 14.9. The van der Waals surface area contributed by atoms with Crippen molar-refractivity contribution in [1.29, 1.82) is 0 Å². The highest BCUT2D eigenvalue weighted by Crippen LogP contribution is 2.65. The molecular formula is C39H63N5O7S. The summed E-state index contributed by atoms with van der Waals surface area (Å²) in [7, 11) is -3.57. The number of urea groups is 1. The number of sulfone groups is 1. The van der Waals surface area contributed by atoms with Gasteiger partial charge in [0.2, 0.25) is 17.6 Å². The molecule has 3 saturated carbocycles. The number of amides is 5. The third kappa shape index (κ3) is 8.96. The normalized spacial score (nSPS) is 25.7. The molecule has 0 aromatic rings. The van der Waals surface area contributed by atoms with Gasteiger partial charge in [0.05, 0.1) is 28.6 Å². The van der Waals surface area contributed by atoms with Gasteiger partial charge in [-0.2, -0.15) is 0 Å². The molecule has 0 spiro atoms. The average molecular weight is 746 g/mol. The Morgan fingerprint density at radius 3 is 2.08 bits per heavy atom. The Hall–Kier alpha value is -3.14. The minimum Gasteiger partial charge on any atom is -0.344 e. The van der Waals surface area contributed by atoms with Gasteiger partial charge in [0.15, 0.2) is 9.84 Å². The van der Waals surface area contributed by atoms with Gasteiger partial charge in [-0.05, 0) is 75.5 Å². The van der Waals surface area contributed by atoms with Crippen LogP contribution in [0.3, 0.4) is 0 Å². The van der Waals surface area contributed by atoms with Crippen molar-refractivity contribution in [1.82, 2.24) is 26.2 Å². The van der Waals surface area contributed by atoms with Crippen LogP contribution in [0.15, 0.2) is 0 Å². The number of unbranched alkanes of at least 4 members (excludes halogenated alkanes) is 1. The third-order valence-electron chi connectivity index (χ3n) is 12.6. The Labute approximate surface area is 311 Å². The zero-order valence-electron chi connectivity index (χ0n) is 32.5. The first-order valence-electron chi connectivity index (χ1n) is 19.4. The Bertz CT molecular complexity index is 1520. The second-order valence-electron chi connectivity index (χ2n) is 17.8. The highest BCUT2D eigenvalue weighted by Gasteiger charge is 2.70. The lowest BCUT2D eigenvalue weighted by molar-refractivity contribution is -0.146. The predicted octanol–water partition coefficient (Wildman–Crippen LogP) is 4.02. The third-order valence-corrected chi connectivity index (χ3v) is 15.4. The number of ketones is 1. The molecule has 52 heavy (non-hydrogen) atoms. The molecule has 0 aromatic heterocycles. The first kappa shape index (κ1) is 41.6. The van der Waals surface area contributed by atoms with Crippen molar-refractivity contribution < 1.29 is 32.4 Å². The molecule has 1 saturated heterocycles. The van der Waals surface area contributed by atoms with Crippen LogP contribution in [-0.4, -0.2) is 90.1 Å². The number of terminal acetylenes is 1. The molecule has 0 aromatic carbocycles. The fourth-order valence-electron chi connectivity index (χ4n) is 8.99. The SMILES string of the molecule is C#CCNC(=O)C(=O)C(CCCC)NC(=O)[C@@H]1[C@@H]2[C@H](CN1C(=O)[C@@H](NC(=O)NC1(CS(=O)(=O)C(C)(C)C)CCCCC1)C1(C)CCCCC1)C2(C)C. The number of hydrogen-bond acceptors (Lipinski definition) is 7. The van der Waals surface area contributed by atoms with E-state index in [9.17, 15) is 32.4 Å². The number of nitrogens with zero attached hydrogens (tertiary/aromatic N) is 1. The van der Waals surface area contributed by atoms with Crippen LogP contribution in [-0.2, 0) is 29.0 Å². The van der Waals surface area contributed by atoms with Gasteiger partial charge in [-0.15, -0.1) is 6.42 Å². The van der Waals surface area contributed by atoms with E-state index in [1.165, 1.54) is 0 Å². The second kappa shape index (κ2) is 16.1. The van der Waals surface area contributed by atoms with Crippen LogP contribution in [0.5, 0.6) is 0 Å². The minimum absolute atomic E-state index is 0.0534. The minimum atomic E-state index is -3.57. The second-order valence-corrected chi connectivity index (χ2v) is 20.5. The molecule has 1 heterocycles. The van der Waals surface area contributed by atoms with Gasteiger partial charge in [0.1, 0.15) is 12.1 Å². The highest BCUT2D eigenvalue weighted by atomic mass is 32.2. The van der Waals surface area contributed by atoms with Crippen molar-refractivity contribution in [2.24, 2.45) is 22.7 Å². The van der Waals surface area contributed by atoms with E-state index < -0.39 is 67.3 Å². The van der Waals surface area contributed by atoms with Gasteiger partial charge < -0.3 is 26.2 Å². The lowest BCUT2D eigenvalue weighted by Crippen LogP contribution is -2.65. The van der Waals surface area contributed by atoms with Gasteiger partial charge in [-0.25, -0.2) is 13.2 Å². The summed E-state index contributed by atoms with van der Waals surface area (Å²) in [5.41, 5.74) is -1.77. The van der Waals surface area contributed by atoms with E-state index in [1.807, 2.05) is 13.8 Å². The zero-order valence-corrected chi connectivity index (χ0v) is 33.3. The van der Waals surface area contributed by atoms with Crippen molar-refractivity contribution in [3.8, 4) is 12.3 Å². The van der Waals surface area contributed by atoms with Crippen LogP contribution in [0.4, 0.5) is 4.79 Å². The summed E-state index contributed by atoms with van der Waals surface area (Å²) in [5.74, 6) is -0.502. The van der Waals surface area contributed by atoms with Crippen LogP contribution >= 0.6 is 0 Å². The molecule has 12 nitrogen and oxygen atoms in total. The van der Waals surface area contributed by atoms with Crippen LogP contribution in [0.2, 0.25) is 0 Å². The lowest BCUT2D eigenvalue weighted by Gasteiger charge is -2.44. The number of likely N-dealkylation sites (tertiary alicyclic amines) is 1. The number of rotatable bonds is 14. The summed E-state index contributed by atoms with van der Waals surface area (Å²) in [5, 5.41) is 11.3. The smallest absolute Gasteiger partial charge is 0.315 e. The summed E-state index contributed by atoms with van der Waals surface area (Å²) in [6, 6.07) is -3.50. The summed E-state index contributed by atoms with van der Waals surface area (Å²) in [6.45, 7) is 13.3. The van der Waals surface area contributed by atoms with Crippen molar-refractivity contribution >= 4 is 39.4 Å². The molecule has 5 atom stereocenters. The van der Waals surface area contributed by atoms with E-state index in [1.54, 1.807) is 25.7 Å². The summed E-state index contributed by atoms with van der Waals surface area (Å²) in [4.78, 5) is 70.6. The van der Waals surface area contributed by atoms with E-state index >= 15 is 0 Å². The molecule has 1 aliphatic heterocycles. The van der Waals surface area contributed by atoms with Gasteiger partial charge in [-0.1, -0.05) is 85.0 Å². The quantitative estimate of drug-likeness (QED) is 0.154. The van der Waals surface area contributed by atoms with Crippen molar-refractivity contribution in [3.05, 3.63) is 0 Å². The van der Waals surface area contributed by atoms with Crippen molar-refractivity contribution in [3.63, 3.8) is 0 Å². The van der Waals surface area contributed by atoms with Gasteiger partial charge >= 0.3 is 6.03 Å². The largest absolute Gasteiger partial charge is 0.344 e. The molecule has 4 aliphatic rings. The van der Waals surface area contributed by atoms with Gasteiger partial charge in [-0.3, -0.25) is 19.2 Å². The Kier molecular flexibility index (Phi) is 12.9. The number of piperidine rings is 1. The van der Waals surface area contributed by atoms with Crippen LogP contribution in [0.25, 0.3) is 0 Å². The van der Waals surface area contributed by atoms with Gasteiger partial charge in [0.25, 0.3) is 5.91 Å². The molecule has 13 heteroatoms. The molecule has 5 amide bonds. The molecule has 4 fully saturated rings. The number of Topliss-reactive ketones (excluding diaryl/α,β-unsaturated/α-hetero) is 1. The predicted molar refractivity (Wildman–Crippen MR) is 201 cm³/mol. The molecule has 1 unspecified atom stereocenters.